The Morgan fingerprint density at radius 2 is 1.80 bits per heavy atom. The molecule has 0 fully saturated rings. The second kappa shape index (κ2) is 7.57. The summed E-state index contributed by atoms with van der Waals surface area (Å²) in [4.78, 5) is 14.3. The molecule has 0 aliphatic rings. The average Bonchev–Trinajstić information content (AvgIpc) is 2.38. The third-order valence-corrected chi connectivity index (χ3v) is 4.23. The highest BCUT2D eigenvalue weighted by molar-refractivity contribution is 6.76. The van der Waals surface area contributed by atoms with Crippen molar-refractivity contribution in [1.82, 2.24) is 4.90 Å². The van der Waals surface area contributed by atoms with Crippen molar-refractivity contribution in [3.05, 3.63) is 35.9 Å². The van der Waals surface area contributed by atoms with E-state index in [4.69, 9.17) is 9.47 Å². The maximum atomic E-state index is 12.2. The summed E-state index contributed by atoms with van der Waals surface area (Å²) in [5.41, 5.74) is 0.939. The van der Waals surface area contributed by atoms with Crippen molar-refractivity contribution in [2.24, 2.45) is 0 Å². The first-order valence-corrected chi connectivity index (χ1v) is 10.5. The van der Waals surface area contributed by atoms with Gasteiger partial charge in [0.05, 0.1) is 21.9 Å². The third kappa shape index (κ3) is 5.07. The van der Waals surface area contributed by atoms with E-state index < -0.39 is 14.1 Å². The summed E-state index contributed by atoms with van der Waals surface area (Å²) in [6.07, 6.45) is 0.871. The minimum atomic E-state index is -1.37. The Kier molecular flexibility index (Phi) is 6.39. The van der Waals surface area contributed by atoms with Crippen LogP contribution in [0.4, 0.5) is 0 Å². The zero-order valence-electron chi connectivity index (χ0n) is 13.1. The molecule has 0 bridgehead atoms. The molecule has 0 amide bonds. The lowest BCUT2D eigenvalue weighted by Gasteiger charge is -2.33. The van der Waals surface area contributed by atoms with Crippen molar-refractivity contribution >= 4 is 14.0 Å². The summed E-state index contributed by atoms with van der Waals surface area (Å²) in [6.45, 7) is 7.23. The van der Waals surface area contributed by atoms with Gasteiger partial charge >= 0.3 is 5.97 Å². The number of methoxy groups -OCH3 is 2. The maximum Gasteiger partial charge on any atom is 0.327 e. The van der Waals surface area contributed by atoms with Crippen LogP contribution in [0.15, 0.2) is 30.3 Å². The fourth-order valence-electron chi connectivity index (χ4n) is 2.23. The van der Waals surface area contributed by atoms with Crippen LogP contribution in [-0.2, 0) is 14.3 Å². The maximum absolute atomic E-state index is 12.2. The van der Waals surface area contributed by atoms with Gasteiger partial charge in [-0.15, -0.1) is 0 Å². The smallest absolute Gasteiger partial charge is 0.327 e. The molecule has 1 atom stereocenters. The molecule has 0 aliphatic carbocycles. The van der Waals surface area contributed by atoms with Gasteiger partial charge in [0.25, 0.3) is 0 Å². The van der Waals surface area contributed by atoms with Crippen molar-refractivity contribution in [2.45, 2.75) is 25.7 Å². The van der Waals surface area contributed by atoms with E-state index in [-0.39, 0.29) is 5.97 Å². The number of rotatable bonds is 7. The van der Waals surface area contributed by atoms with Crippen LogP contribution in [0, 0.1) is 0 Å². The molecule has 0 aromatic heterocycles. The zero-order valence-corrected chi connectivity index (χ0v) is 14.1. The number of ether oxygens (including phenoxy) is 2. The molecule has 1 unspecified atom stereocenters. The fraction of sp³-hybridized carbons (Fsp3) is 0.533. The summed E-state index contributed by atoms with van der Waals surface area (Å²) in [5.74, 6) is -0.244. The van der Waals surface area contributed by atoms with Gasteiger partial charge in [-0.25, -0.2) is 4.79 Å². The predicted molar refractivity (Wildman–Crippen MR) is 83.1 cm³/mol. The summed E-state index contributed by atoms with van der Waals surface area (Å²) < 4.78 is 10.3. The summed E-state index contributed by atoms with van der Waals surface area (Å²) >= 11 is 0. The van der Waals surface area contributed by atoms with Crippen LogP contribution in [0.2, 0.25) is 19.6 Å². The quantitative estimate of drug-likeness (QED) is 0.440. The summed E-state index contributed by atoms with van der Waals surface area (Å²) in [5, 5.41) is 0. The Hall–Kier alpha value is -1.17. The SMILES string of the molecule is COCN(C[Si](C)(C)C)C(C(=O)OC)c1ccccc1. The molecule has 0 saturated heterocycles. The number of nitrogens with zero attached hydrogens (tertiary/aromatic N) is 1. The second-order valence-electron chi connectivity index (χ2n) is 6.06. The molecule has 4 nitrogen and oxygen atoms in total. The summed E-state index contributed by atoms with van der Waals surface area (Å²) in [6, 6.07) is 9.31. The largest absolute Gasteiger partial charge is 0.468 e. The minimum Gasteiger partial charge on any atom is -0.468 e. The molecule has 0 heterocycles. The van der Waals surface area contributed by atoms with Crippen LogP contribution in [-0.4, -0.2) is 46.1 Å². The first kappa shape index (κ1) is 16.9. The Balaban J connectivity index is 3.08. The molecule has 112 valence electrons. The van der Waals surface area contributed by atoms with Crippen LogP contribution in [0.1, 0.15) is 11.6 Å². The molecule has 0 radical (unpaired) electrons. The Morgan fingerprint density at radius 3 is 2.25 bits per heavy atom. The lowest BCUT2D eigenvalue weighted by Crippen LogP contribution is -2.45. The first-order chi connectivity index (χ1) is 9.39. The molecule has 0 aliphatic heterocycles. The van der Waals surface area contributed by atoms with E-state index in [1.807, 2.05) is 30.3 Å². The standard InChI is InChI=1S/C15H25NO3Si/c1-18-11-16(12-20(3,4)5)14(15(17)19-2)13-9-7-6-8-10-13/h6-10,14H,11-12H2,1-5H3. The van der Waals surface area contributed by atoms with Crippen LogP contribution in [0.5, 0.6) is 0 Å². The highest BCUT2D eigenvalue weighted by atomic mass is 28.3. The van der Waals surface area contributed by atoms with Gasteiger partial charge in [-0.05, 0) is 11.7 Å². The highest BCUT2D eigenvalue weighted by Gasteiger charge is 2.31. The van der Waals surface area contributed by atoms with Crippen LogP contribution < -0.4 is 0 Å². The second-order valence-corrected chi connectivity index (χ2v) is 11.5. The van der Waals surface area contributed by atoms with Gasteiger partial charge in [-0.2, -0.15) is 0 Å². The molecule has 1 aromatic rings. The highest BCUT2D eigenvalue weighted by Crippen LogP contribution is 2.23. The van der Waals surface area contributed by atoms with Crippen LogP contribution in [0.3, 0.4) is 0 Å². The molecule has 1 rings (SSSR count). The van der Waals surface area contributed by atoms with Gasteiger partial charge in [0.15, 0.2) is 0 Å². The van der Waals surface area contributed by atoms with E-state index >= 15 is 0 Å². The normalized spacial score (nSPS) is 13.3. The van der Waals surface area contributed by atoms with E-state index in [9.17, 15) is 4.79 Å². The lowest BCUT2D eigenvalue weighted by atomic mass is 10.1. The van der Waals surface area contributed by atoms with Crippen molar-refractivity contribution < 1.29 is 14.3 Å². The lowest BCUT2D eigenvalue weighted by molar-refractivity contribution is -0.149. The van der Waals surface area contributed by atoms with Crippen molar-refractivity contribution in [3.63, 3.8) is 0 Å². The molecule has 0 N–H and O–H groups in total. The fourth-order valence-corrected chi connectivity index (χ4v) is 3.72. The van der Waals surface area contributed by atoms with Gasteiger partial charge in [0, 0.05) is 7.11 Å². The molecule has 5 heteroatoms. The van der Waals surface area contributed by atoms with E-state index in [0.29, 0.717) is 6.73 Å². The van der Waals surface area contributed by atoms with Gasteiger partial charge in [-0.1, -0.05) is 50.0 Å². The first-order valence-electron chi connectivity index (χ1n) is 6.75. The van der Waals surface area contributed by atoms with Gasteiger partial charge in [-0.3, -0.25) is 4.90 Å². The Bertz CT molecular complexity index is 417. The van der Waals surface area contributed by atoms with E-state index in [0.717, 1.165) is 11.7 Å². The van der Waals surface area contributed by atoms with Crippen LogP contribution in [0.25, 0.3) is 0 Å². The third-order valence-electron chi connectivity index (χ3n) is 2.88. The number of esters is 1. The van der Waals surface area contributed by atoms with Gasteiger partial charge in [0.1, 0.15) is 6.04 Å². The number of benzene rings is 1. The number of hydrogen-bond donors (Lipinski definition) is 0. The van der Waals surface area contributed by atoms with Gasteiger partial charge < -0.3 is 9.47 Å². The Morgan fingerprint density at radius 1 is 1.20 bits per heavy atom. The van der Waals surface area contributed by atoms with Crippen LogP contribution >= 0.6 is 0 Å². The number of hydrogen-bond acceptors (Lipinski definition) is 4. The van der Waals surface area contributed by atoms with Gasteiger partial charge in [0.2, 0.25) is 0 Å². The topological polar surface area (TPSA) is 38.8 Å². The molecule has 0 spiro atoms. The van der Waals surface area contributed by atoms with Crippen molar-refractivity contribution in [2.75, 3.05) is 27.1 Å². The van der Waals surface area contributed by atoms with E-state index in [1.165, 1.54) is 7.11 Å². The Labute approximate surface area is 122 Å². The molecular formula is C15H25NO3Si. The molecule has 1 aromatic carbocycles. The average molecular weight is 295 g/mol. The molecule has 0 saturated carbocycles. The molecule has 20 heavy (non-hydrogen) atoms. The minimum absolute atomic E-state index is 0.244. The van der Waals surface area contributed by atoms with Crippen molar-refractivity contribution in [3.8, 4) is 0 Å². The van der Waals surface area contributed by atoms with Crippen molar-refractivity contribution in [1.29, 1.82) is 0 Å². The van der Waals surface area contributed by atoms with E-state index in [2.05, 4.69) is 24.5 Å². The number of carbonyl (C=O) groups excluding carboxylic acids is 1. The monoisotopic (exact) mass is 295 g/mol. The van der Waals surface area contributed by atoms with E-state index in [1.54, 1.807) is 7.11 Å². The zero-order chi connectivity index (χ0) is 15.2. The summed E-state index contributed by atoms with van der Waals surface area (Å²) in [7, 11) is 1.70. The predicted octanol–water partition coefficient (Wildman–Crippen LogP) is 2.68. The number of carbonyl (C=O) groups is 1. The molecular weight excluding hydrogens is 270 g/mol.